The van der Waals surface area contributed by atoms with Crippen LogP contribution in [-0.4, -0.2) is 28.2 Å². The van der Waals surface area contributed by atoms with Crippen molar-refractivity contribution in [3.8, 4) is 23.1 Å². The van der Waals surface area contributed by atoms with Gasteiger partial charge in [0.15, 0.2) is 5.13 Å². The minimum Gasteiger partial charge on any atom is -0.497 e. The Hall–Kier alpha value is -3.41. The van der Waals surface area contributed by atoms with Gasteiger partial charge in [0.05, 0.1) is 33.8 Å². The summed E-state index contributed by atoms with van der Waals surface area (Å²) in [6, 6.07) is 19.4. The van der Waals surface area contributed by atoms with Crippen LogP contribution < -0.4 is 10.1 Å². The molecule has 6 nitrogen and oxygen atoms in total. The number of pyridine rings is 1. The number of nitrogens with one attached hydrogen (secondary N) is 1. The van der Waals surface area contributed by atoms with Crippen molar-refractivity contribution in [1.82, 2.24) is 9.97 Å². The fourth-order valence-corrected chi connectivity index (χ4v) is 4.80. The SMILES string of the molecule is COc1ccc2nc(NC(=O)C(C)Sc3nc(-c4ccc(C)cc4)ccc3C#N)sc2c1. The molecule has 0 spiro atoms. The molecule has 1 amide bonds. The number of hydrogen-bond acceptors (Lipinski definition) is 7. The number of hydrogen-bond donors (Lipinski definition) is 1. The lowest BCUT2D eigenvalue weighted by atomic mass is 10.1. The van der Waals surface area contributed by atoms with Gasteiger partial charge in [-0.25, -0.2) is 9.97 Å². The molecule has 4 aromatic rings. The Labute approximate surface area is 194 Å². The van der Waals surface area contributed by atoms with Crippen LogP contribution in [0.25, 0.3) is 21.5 Å². The fraction of sp³-hybridized carbons (Fsp3) is 0.167. The van der Waals surface area contributed by atoms with Crippen LogP contribution in [0.3, 0.4) is 0 Å². The van der Waals surface area contributed by atoms with Gasteiger partial charge in [0, 0.05) is 5.56 Å². The van der Waals surface area contributed by atoms with E-state index in [4.69, 9.17) is 4.74 Å². The molecular weight excluding hydrogens is 440 g/mol. The number of ether oxygens (including phenoxy) is 1. The number of nitriles is 1. The van der Waals surface area contributed by atoms with E-state index < -0.39 is 5.25 Å². The molecule has 0 saturated carbocycles. The number of thiazole rings is 1. The zero-order valence-electron chi connectivity index (χ0n) is 17.7. The number of rotatable bonds is 6. The molecule has 0 radical (unpaired) electrons. The van der Waals surface area contributed by atoms with Crippen LogP contribution in [0.2, 0.25) is 0 Å². The number of methoxy groups -OCH3 is 1. The highest BCUT2D eigenvalue weighted by atomic mass is 32.2. The zero-order valence-corrected chi connectivity index (χ0v) is 19.4. The van der Waals surface area contributed by atoms with Crippen LogP contribution in [0.5, 0.6) is 5.75 Å². The van der Waals surface area contributed by atoms with E-state index in [-0.39, 0.29) is 5.91 Å². The topological polar surface area (TPSA) is 87.9 Å². The molecule has 2 aromatic carbocycles. The van der Waals surface area contributed by atoms with Crippen LogP contribution >= 0.6 is 23.1 Å². The van der Waals surface area contributed by atoms with Gasteiger partial charge in [-0.15, -0.1) is 0 Å². The number of fused-ring (bicyclic) bond motifs is 1. The van der Waals surface area contributed by atoms with E-state index in [9.17, 15) is 10.1 Å². The summed E-state index contributed by atoms with van der Waals surface area (Å²) in [5.74, 6) is 0.541. The average Bonchev–Trinajstić information content (AvgIpc) is 3.20. The maximum absolute atomic E-state index is 12.8. The molecule has 1 N–H and O–H groups in total. The van der Waals surface area contributed by atoms with Crippen molar-refractivity contribution >= 4 is 44.4 Å². The van der Waals surface area contributed by atoms with Gasteiger partial charge in [0.25, 0.3) is 0 Å². The number of anilines is 1. The minimum atomic E-state index is -0.468. The number of aryl methyl sites for hydroxylation is 1. The van der Waals surface area contributed by atoms with Gasteiger partial charge in [0.1, 0.15) is 16.8 Å². The predicted octanol–water partition coefficient (Wildman–Crippen LogP) is 5.67. The minimum absolute atomic E-state index is 0.201. The Bertz CT molecular complexity index is 1330. The van der Waals surface area contributed by atoms with Crippen LogP contribution in [0.4, 0.5) is 5.13 Å². The van der Waals surface area contributed by atoms with Gasteiger partial charge in [-0.05, 0) is 44.2 Å². The van der Waals surface area contributed by atoms with Crippen molar-refractivity contribution in [2.45, 2.75) is 24.1 Å². The molecule has 2 aromatic heterocycles. The Morgan fingerprint density at radius 2 is 1.94 bits per heavy atom. The smallest absolute Gasteiger partial charge is 0.239 e. The highest BCUT2D eigenvalue weighted by molar-refractivity contribution is 8.00. The van der Waals surface area contributed by atoms with E-state index in [0.717, 1.165) is 32.8 Å². The lowest BCUT2D eigenvalue weighted by Crippen LogP contribution is -2.22. The lowest BCUT2D eigenvalue weighted by molar-refractivity contribution is -0.115. The van der Waals surface area contributed by atoms with Crippen molar-refractivity contribution in [3.63, 3.8) is 0 Å². The van der Waals surface area contributed by atoms with Gasteiger partial charge in [-0.1, -0.05) is 52.9 Å². The normalized spacial score (nSPS) is 11.7. The second-order valence-electron chi connectivity index (χ2n) is 7.13. The van der Waals surface area contributed by atoms with Crippen molar-refractivity contribution < 1.29 is 9.53 Å². The van der Waals surface area contributed by atoms with E-state index in [0.29, 0.717) is 15.7 Å². The molecule has 0 bridgehead atoms. The molecule has 0 fully saturated rings. The summed E-state index contributed by atoms with van der Waals surface area (Å²) in [5.41, 5.74) is 4.13. The fourth-order valence-electron chi connectivity index (χ4n) is 3.01. The Morgan fingerprint density at radius 3 is 2.66 bits per heavy atom. The molecule has 4 rings (SSSR count). The molecule has 160 valence electrons. The van der Waals surface area contributed by atoms with Gasteiger partial charge in [-0.2, -0.15) is 5.26 Å². The quantitative estimate of drug-likeness (QED) is 0.373. The Kier molecular flexibility index (Phi) is 6.40. The Morgan fingerprint density at radius 1 is 1.16 bits per heavy atom. The number of carbonyl (C=O) groups is 1. The van der Waals surface area contributed by atoms with Crippen molar-refractivity contribution in [3.05, 3.63) is 65.7 Å². The number of nitrogens with zero attached hydrogens (tertiary/aromatic N) is 3. The van der Waals surface area contributed by atoms with Crippen molar-refractivity contribution in [2.75, 3.05) is 12.4 Å². The van der Waals surface area contributed by atoms with Gasteiger partial charge >= 0.3 is 0 Å². The number of amides is 1. The third-order valence-electron chi connectivity index (χ3n) is 4.81. The van der Waals surface area contributed by atoms with Crippen LogP contribution in [0.15, 0.2) is 59.6 Å². The van der Waals surface area contributed by atoms with Gasteiger partial charge in [-0.3, -0.25) is 4.79 Å². The maximum Gasteiger partial charge on any atom is 0.239 e. The average molecular weight is 461 g/mol. The molecule has 1 atom stereocenters. The predicted molar refractivity (Wildman–Crippen MR) is 129 cm³/mol. The first-order valence-corrected chi connectivity index (χ1v) is 11.6. The first-order valence-electron chi connectivity index (χ1n) is 9.87. The summed E-state index contributed by atoms with van der Waals surface area (Å²) in [5, 5.41) is 13.0. The van der Waals surface area contributed by atoms with Crippen molar-refractivity contribution in [2.24, 2.45) is 0 Å². The molecule has 0 aliphatic rings. The molecular formula is C24H20N4O2S2. The van der Waals surface area contributed by atoms with E-state index in [1.807, 2.05) is 55.5 Å². The maximum atomic E-state index is 12.8. The van der Waals surface area contributed by atoms with Crippen molar-refractivity contribution in [1.29, 1.82) is 5.26 Å². The number of thioether (sulfide) groups is 1. The van der Waals surface area contributed by atoms with Gasteiger partial charge < -0.3 is 10.1 Å². The van der Waals surface area contributed by atoms with Gasteiger partial charge in [0.2, 0.25) is 5.91 Å². The molecule has 32 heavy (non-hydrogen) atoms. The van der Waals surface area contributed by atoms with E-state index in [2.05, 4.69) is 21.4 Å². The molecule has 0 saturated heterocycles. The summed E-state index contributed by atoms with van der Waals surface area (Å²) >= 11 is 2.65. The van der Waals surface area contributed by atoms with E-state index >= 15 is 0 Å². The standard InChI is InChI=1S/C24H20N4O2S2/c1-14-4-6-16(7-5-14)19-10-8-17(13-25)23(26-19)31-15(2)22(29)28-24-27-20-11-9-18(30-3)12-21(20)32-24/h4-12,15H,1-3H3,(H,27,28,29). The third-order valence-corrected chi connectivity index (χ3v) is 6.85. The van der Waals surface area contributed by atoms with E-state index in [1.54, 1.807) is 20.1 Å². The molecule has 8 heteroatoms. The molecule has 0 aliphatic heterocycles. The molecule has 1 unspecified atom stereocenters. The van der Waals surface area contributed by atoms with Crippen LogP contribution in [-0.2, 0) is 4.79 Å². The van der Waals surface area contributed by atoms with E-state index in [1.165, 1.54) is 23.1 Å². The first kappa shape index (κ1) is 21.8. The third kappa shape index (κ3) is 4.74. The first-order chi connectivity index (χ1) is 15.5. The summed E-state index contributed by atoms with van der Waals surface area (Å²) in [6.45, 7) is 3.82. The Balaban J connectivity index is 1.52. The largest absolute Gasteiger partial charge is 0.497 e. The summed E-state index contributed by atoms with van der Waals surface area (Å²) < 4.78 is 6.17. The molecule has 2 heterocycles. The number of benzene rings is 2. The summed E-state index contributed by atoms with van der Waals surface area (Å²) in [7, 11) is 1.61. The highest BCUT2D eigenvalue weighted by Gasteiger charge is 2.20. The summed E-state index contributed by atoms with van der Waals surface area (Å²) in [4.78, 5) is 21.9. The number of carbonyl (C=O) groups excluding carboxylic acids is 1. The highest BCUT2D eigenvalue weighted by Crippen LogP contribution is 2.31. The monoisotopic (exact) mass is 460 g/mol. The number of aromatic nitrogens is 2. The van der Waals surface area contributed by atoms with Crippen LogP contribution in [0, 0.1) is 18.3 Å². The zero-order chi connectivity index (χ0) is 22.7. The van der Waals surface area contributed by atoms with Crippen LogP contribution in [0.1, 0.15) is 18.1 Å². The second-order valence-corrected chi connectivity index (χ2v) is 9.49. The lowest BCUT2D eigenvalue weighted by Gasteiger charge is -2.12. The molecule has 0 aliphatic carbocycles. The second kappa shape index (κ2) is 9.39. The summed E-state index contributed by atoms with van der Waals surface area (Å²) in [6.07, 6.45) is 0.